The van der Waals surface area contributed by atoms with Crippen molar-refractivity contribution in [2.75, 3.05) is 6.54 Å². The average molecular weight is 461 g/mol. The molecule has 2 aromatic heterocycles. The zero-order valence-electron chi connectivity index (χ0n) is 20.8. The Balaban J connectivity index is 1.37. The first-order chi connectivity index (χ1) is 16.8. The highest BCUT2D eigenvalue weighted by Crippen LogP contribution is 2.28. The molecule has 0 aliphatic heterocycles. The molecule has 3 aromatic rings. The SMILES string of the molecule is CCc1cc2c(-c3ccccc3)nn(CCCNC(=O)C3CCCCCCCCCC3)c2cn1. The van der Waals surface area contributed by atoms with Gasteiger partial charge < -0.3 is 5.32 Å². The van der Waals surface area contributed by atoms with Crippen LogP contribution in [0.25, 0.3) is 22.2 Å². The van der Waals surface area contributed by atoms with Crippen molar-refractivity contribution >= 4 is 16.8 Å². The maximum Gasteiger partial charge on any atom is 0.223 e. The molecule has 4 rings (SSSR count). The van der Waals surface area contributed by atoms with Crippen LogP contribution in [0.15, 0.2) is 42.6 Å². The molecule has 2 heterocycles. The average Bonchev–Trinajstić information content (AvgIpc) is 3.20. The number of fused-ring (bicyclic) bond motifs is 1. The van der Waals surface area contributed by atoms with Gasteiger partial charge in [-0.05, 0) is 31.7 Å². The summed E-state index contributed by atoms with van der Waals surface area (Å²) in [5.41, 5.74) is 4.28. The molecule has 1 aliphatic carbocycles. The lowest BCUT2D eigenvalue weighted by atomic mass is 9.94. The van der Waals surface area contributed by atoms with Crippen molar-refractivity contribution in [2.45, 2.75) is 90.5 Å². The van der Waals surface area contributed by atoms with Gasteiger partial charge in [-0.25, -0.2) is 0 Å². The largest absolute Gasteiger partial charge is 0.356 e. The van der Waals surface area contributed by atoms with Crippen LogP contribution < -0.4 is 5.32 Å². The van der Waals surface area contributed by atoms with Crippen molar-refractivity contribution in [3.63, 3.8) is 0 Å². The van der Waals surface area contributed by atoms with Crippen LogP contribution in [0.3, 0.4) is 0 Å². The van der Waals surface area contributed by atoms with Gasteiger partial charge in [-0.15, -0.1) is 0 Å². The van der Waals surface area contributed by atoms with Crippen LogP contribution in [0.2, 0.25) is 0 Å². The highest BCUT2D eigenvalue weighted by molar-refractivity contribution is 5.93. The lowest BCUT2D eigenvalue weighted by Gasteiger charge is -2.16. The Hall–Kier alpha value is -2.69. The second-order valence-electron chi connectivity index (χ2n) is 9.73. The molecule has 1 amide bonds. The minimum atomic E-state index is 0.185. The third-order valence-corrected chi connectivity index (χ3v) is 7.17. The van der Waals surface area contributed by atoms with Gasteiger partial charge in [-0.1, -0.05) is 88.6 Å². The zero-order valence-corrected chi connectivity index (χ0v) is 20.8. The van der Waals surface area contributed by atoms with Gasteiger partial charge in [0.15, 0.2) is 0 Å². The number of nitrogens with one attached hydrogen (secondary N) is 1. The molecule has 34 heavy (non-hydrogen) atoms. The maximum absolute atomic E-state index is 12.9. The van der Waals surface area contributed by atoms with Gasteiger partial charge in [0, 0.05) is 35.7 Å². The van der Waals surface area contributed by atoms with Crippen molar-refractivity contribution in [3.05, 3.63) is 48.3 Å². The standard InChI is InChI=1S/C29H40N4O/c1-2-25-21-26-27(22-31-25)33(32-28(26)23-15-12-9-13-16-23)20-14-19-30-29(34)24-17-10-7-5-3-4-6-8-11-18-24/h9,12-13,15-16,21-22,24H,2-8,10-11,14,17-20H2,1H3,(H,30,34). The second kappa shape index (κ2) is 12.7. The van der Waals surface area contributed by atoms with Gasteiger partial charge >= 0.3 is 0 Å². The van der Waals surface area contributed by atoms with Crippen LogP contribution in [0, 0.1) is 5.92 Å². The van der Waals surface area contributed by atoms with Crippen molar-refractivity contribution in [1.29, 1.82) is 0 Å². The first-order valence-electron chi connectivity index (χ1n) is 13.4. The summed E-state index contributed by atoms with van der Waals surface area (Å²) in [6.07, 6.45) is 16.1. The number of rotatable bonds is 7. The van der Waals surface area contributed by atoms with Crippen molar-refractivity contribution < 1.29 is 4.79 Å². The lowest BCUT2D eigenvalue weighted by Crippen LogP contribution is -2.32. The fourth-order valence-electron chi connectivity index (χ4n) is 5.12. The van der Waals surface area contributed by atoms with E-state index in [1.807, 2.05) is 12.3 Å². The van der Waals surface area contributed by atoms with Crippen LogP contribution in [0.5, 0.6) is 0 Å². The molecule has 1 fully saturated rings. The monoisotopic (exact) mass is 460 g/mol. The van der Waals surface area contributed by atoms with E-state index < -0.39 is 0 Å². The van der Waals surface area contributed by atoms with E-state index >= 15 is 0 Å². The molecular formula is C29H40N4O. The quantitative estimate of drug-likeness (QED) is 0.399. The molecule has 1 aromatic carbocycles. The molecule has 0 bridgehead atoms. The summed E-state index contributed by atoms with van der Waals surface area (Å²) in [7, 11) is 0. The van der Waals surface area contributed by atoms with E-state index in [1.165, 1.54) is 51.4 Å². The number of aryl methyl sites for hydroxylation is 2. The van der Waals surface area contributed by atoms with E-state index in [0.29, 0.717) is 6.54 Å². The van der Waals surface area contributed by atoms with Gasteiger partial charge in [0.25, 0.3) is 0 Å². The van der Waals surface area contributed by atoms with E-state index in [4.69, 9.17) is 5.10 Å². The number of carbonyl (C=O) groups is 1. The summed E-state index contributed by atoms with van der Waals surface area (Å²) in [5, 5.41) is 9.34. The summed E-state index contributed by atoms with van der Waals surface area (Å²) in [4.78, 5) is 17.5. The van der Waals surface area contributed by atoms with Crippen LogP contribution >= 0.6 is 0 Å². The highest BCUT2D eigenvalue weighted by atomic mass is 16.1. The third kappa shape index (κ3) is 6.46. The summed E-state index contributed by atoms with van der Waals surface area (Å²) >= 11 is 0. The van der Waals surface area contributed by atoms with E-state index in [9.17, 15) is 4.79 Å². The number of hydrogen-bond acceptors (Lipinski definition) is 3. The minimum Gasteiger partial charge on any atom is -0.356 e. The Morgan fingerprint density at radius 1 is 1.00 bits per heavy atom. The molecule has 0 spiro atoms. The molecule has 0 saturated heterocycles. The number of carbonyl (C=O) groups excluding carboxylic acids is 1. The molecule has 1 saturated carbocycles. The van der Waals surface area contributed by atoms with Crippen LogP contribution in [-0.4, -0.2) is 27.2 Å². The summed E-state index contributed by atoms with van der Waals surface area (Å²) in [5.74, 6) is 0.439. The molecule has 182 valence electrons. The second-order valence-corrected chi connectivity index (χ2v) is 9.73. The number of nitrogens with zero attached hydrogens (tertiary/aromatic N) is 3. The highest BCUT2D eigenvalue weighted by Gasteiger charge is 2.18. The normalized spacial score (nSPS) is 16.3. The molecule has 1 aliphatic rings. The van der Waals surface area contributed by atoms with Crippen LogP contribution in [0.4, 0.5) is 0 Å². The molecular weight excluding hydrogens is 420 g/mol. The molecule has 0 atom stereocenters. The fraction of sp³-hybridized carbons (Fsp3) is 0.552. The van der Waals surface area contributed by atoms with E-state index in [0.717, 1.165) is 60.1 Å². The number of hydrogen-bond donors (Lipinski definition) is 1. The number of pyridine rings is 1. The van der Waals surface area contributed by atoms with Crippen molar-refractivity contribution in [3.8, 4) is 11.3 Å². The maximum atomic E-state index is 12.9. The van der Waals surface area contributed by atoms with Gasteiger partial charge in [-0.2, -0.15) is 5.10 Å². The van der Waals surface area contributed by atoms with Crippen molar-refractivity contribution in [1.82, 2.24) is 20.1 Å². The van der Waals surface area contributed by atoms with E-state index in [2.05, 4.69) is 52.2 Å². The van der Waals surface area contributed by atoms with E-state index in [-0.39, 0.29) is 11.8 Å². The molecule has 5 heteroatoms. The third-order valence-electron chi connectivity index (χ3n) is 7.17. The smallest absolute Gasteiger partial charge is 0.223 e. The Bertz CT molecular complexity index is 1030. The predicted octanol–water partition coefficient (Wildman–Crippen LogP) is 6.70. The lowest BCUT2D eigenvalue weighted by molar-refractivity contribution is -0.125. The molecule has 0 unspecified atom stereocenters. The Kier molecular flexibility index (Phi) is 9.12. The Morgan fingerprint density at radius 3 is 2.35 bits per heavy atom. The number of amides is 1. The van der Waals surface area contributed by atoms with Crippen LogP contribution in [-0.2, 0) is 17.8 Å². The predicted molar refractivity (Wildman–Crippen MR) is 140 cm³/mol. The van der Waals surface area contributed by atoms with Gasteiger partial charge in [-0.3, -0.25) is 14.5 Å². The topological polar surface area (TPSA) is 59.8 Å². The Labute approximate surface area is 204 Å². The number of aromatic nitrogens is 3. The van der Waals surface area contributed by atoms with Crippen molar-refractivity contribution in [2.24, 2.45) is 5.92 Å². The van der Waals surface area contributed by atoms with Gasteiger partial charge in [0.05, 0.1) is 11.7 Å². The zero-order chi connectivity index (χ0) is 23.6. The summed E-state index contributed by atoms with van der Waals surface area (Å²) < 4.78 is 2.06. The van der Waals surface area contributed by atoms with Gasteiger partial charge in [0.1, 0.15) is 5.69 Å². The first kappa shape index (κ1) is 24.4. The van der Waals surface area contributed by atoms with Crippen LogP contribution in [0.1, 0.15) is 83.2 Å². The van der Waals surface area contributed by atoms with E-state index in [1.54, 1.807) is 0 Å². The fourth-order valence-corrected chi connectivity index (χ4v) is 5.12. The molecule has 5 nitrogen and oxygen atoms in total. The molecule has 1 N–H and O–H groups in total. The summed E-state index contributed by atoms with van der Waals surface area (Å²) in [6.45, 7) is 3.59. The first-order valence-corrected chi connectivity index (χ1v) is 13.4. The summed E-state index contributed by atoms with van der Waals surface area (Å²) in [6, 6.07) is 12.5. The number of benzene rings is 1. The van der Waals surface area contributed by atoms with Gasteiger partial charge in [0.2, 0.25) is 5.91 Å². The molecule has 0 radical (unpaired) electrons. The minimum absolute atomic E-state index is 0.185. The Morgan fingerprint density at radius 2 is 1.68 bits per heavy atom.